The van der Waals surface area contributed by atoms with Gasteiger partial charge in [0, 0.05) is 69.0 Å². The molecule has 0 atom stereocenters. The van der Waals surface area contributed by atoms with Crippen molar-refractivity contribution in [2.45, 2.75) is 12.8 Å². The lowest BCUT2D eigenvalue weighted by molar-refractivity contribution is 0.272. The number of hydrogen-bond donors (Lipinski definition) is 2. The van der Waals surface area contributed by atoms with E-state index in [2.05, 4.69) is 43.1 Å². The molecule has 2 aliphatic heterocycles. The number of nitrogen functional groups attached to an aromatic ring is 1. The van der Waals surface area contributed by atoms with Gasteiger partial charge in [0.05, 0.1) is 11.4 Å². The quantitative estimate of drug-likeness (QED) is 0.206. The van der Waals surface area contributed by atoms with Crippen LogP contribution in [0.4, 0.5) is 31.9 Å². The summed E-state index contributed by atoms with van der Waals surface area (Å²) >= 11 is 1.85. The van der Waals surface area contributed by atoms with Crippen LogP contribution in [0, 0.1) is 11.6 Å². The van der Waals surface area contributed by atoms with Gasteiger partial charge in [-0.3, -0.25) is 14.9 Å². The van der Waals surface area contributed by atoms with Gasteiger partial charge in [-0.1, -0.05) is 6.07 Å². The minimum atomic E-state index is -0.571. The molecule has 43 heavy (non-hydrogen) atoms. The van der Waals surface area contributed by atoms with E-state index in [0.717, 1.165) is 64.4 Å². The third kappa shape index (κ3) is 7.37. The predicted octanol–water partition coefficient (Wildman–Crippen LogP) is 5.47. The Morgan fingerprint density at radius 2 is 1.91 bits per heavy atom. The average molecular weight is 609 g/mol. The number of anilines is 4. The minimum Gasteiger partial charge on any atom is -0.421 e. The molecule has 0 saturated carbocycles. The van der Waals surface area contributed by atoms with Crippen LogP contribution in [0.15, 0.2) is 56.9 Å². The van der Waals surface area contributed by atoms with E-state index in [9.17, 15) is 8.78 Å². The van der Waals surface area contributed by atoms with Gasteiger partial charge in [-0.2, -0.15) is 16.7 Å². The van der Waals surface area contributed by atoms with Gasteiger partial charge in [-0.15, -0.1) is 0 Å². The highest BCUT2D eigenvalue weighted by Gasteiger charge is 2.26. The average Bonchev–Trinajstić information content (AvgIpc) is 3.71. The van der Waals surface area contributed by atoms with Crippen LogP contribution in [0.2, 0.25) is 0 Å². The normalized spacial score (nSPS) is 16.4. The first-order valence-electron chi connectivity index (χ1n) is 14.5. The fourth-order valence-electron chi connectivity index (χ4n) is 5.26. The number of aliphatic imine (C=N–C) groups is 2. The maximum absolute atomic E-state index is 15.0. The molecule has 228 valence electrons. The zero-order chi connectivity index (χ0) is 30.2. The van der Waals surface area contributed by atoms with Crippen molar-refractivity contribution in [3.8, 4) is 11.3 Å². The summed E-state index contributed by atoms with van der Waals surface area (Å²) in [5, 5.41) is 3.12. The van der Waals surface area contributed by atoms with Crippen molar-refractivity contribution in [2.75, 3.05) is 85.3 Å². The van der Waals surface area contributed by atoms with Crippen LogP contribution in [0.5, 0.6) is 0 Å². The molecule has 0 bridgehead atoms. The van der Waals surface area contributed by atoms with E-state index in [0.29, 0.717) is 28.8 Å². The number of rotatable bonds is 12. The van der Waals surface area contributed by atoms with E-state index < -0.39 is 5.82 Å². The molecule has 0 aliphatic carbocycles. The van der Waals surface area contributed by atoms with Gasteiger partial charge in [0.2, 0.25) is 0 Å². The van der Waals surface area contributed by atoms with E-state index >= 15 is 0 Å². The number of benzene rings is 2. The van der Waals surface area contributed by atoms with Crippen LogP contribution >= 0.6 is 11.8 Å². The van der Waals surface area contributed by atoms with Gasteiger partial charge in [-0.05, 0) is 62.2 Å². The van der Waals surface area contributed by atoms with Crippen molar-refractivity contribution < 1.29 is 13.2 Å². The summed E-state index contributed by atoms with van der Waals surface area (Å²) in [4.78, 5) is 19.6. The Bertz CT molecular complexity index is 1460. The van der Waals surface area contributed by atoms with Crippen LogP contribution in [0.1, 0.15) is 18.6 Å². The number of oxazole rings is 1. The smallest absolute Gasteiger partial charge is 0.298 e. The second-order valence-electron chi connectivity index (χ2n) is 10.4. The third-order valence-corrected chi connectivity index (χ3v) is 8.25. The van der Waals surface area contributed by atoms with Gasteiger partial charge in [0.25, 0.3) is 6.01 Å². The summed E-state index contributed by atoms with van der Waals surface area (Å²) in [5.74, 6) is 0.564. The van der Waals surface area contributed by atoms with Crippen LogP contribution < -0.4 is 20.9 Å². The SMILES string of the molecule is C=N/C(=C\C=N/CNc1ccc(N2CCN(CCSC)CC2)c(F)c1)c1oc(N2CCCC2)nc1-c1cccc(N)c1F. The highest BCUT2D eigenvalue weighted by atomic mass is 32.2. The molecular formula is C31H38F2N8OS. The molecule has 5 rings (SSSR count). The molecule has 2 fully saturated rings. The largest absolute Gasteiger partial charge is 0.421 e. The molecule has 1 aromatic heterocycles. The Balaban J connectivity index is 1.24. The first kappa shape index (κ1) is 30.6. The molecule has 2 aromatic carbocycles. The number of nitrogens with two attached hydrogens (primary N) is 1. The Morgan fingerprint density at radius 1 is 1.12 bits per heavy atom. The highest BCUT2D eigenvalue weighted by Crippen LogP contribution is 2.36. The van der Waals surface area contributed by atoms with Crippen molar-refractivity contribution in [2.24, 2.45) is 9.98 Å². The minimum absolute atomic E-state index is 0.0209. The predicted molar refractivity (Wildman–Crippen MR) is 176 cm³/mol. The topological polar surface area (TPSA) is 98.5 Å². The molecule has 0 amide bonds. The maximum atomic E-state index is 15.0. The highest BCUT2D eigenvalue weighted by molar-refractivity contribution is 7.98. The van der Waals surface area contributed by atoms with Crippen LogP contribution in [0.3, 0.4) is 0 Å². The molecule has 2 aliphatic rings. The summed E-state index contributed by atoms with van der Waals surface area (Å²) in [7, 11) is 0. The summed E-state index contributed by atoms with van der Waals surface area (Å²) in [5.41, 5.74) is 7.98. The number of aromatic nitrogens is 1. The number of piperazine rings is 1. The Hall–Kier alpha value is -3.90. The molecule has 3 N–H and O–H groups in total. The summed E-state index contributed by atoms with van der Waals surface area (Å²) < 4.78 is 36.1. The van der Waals surface area contributed by atoms with Crippen LogP contribution in [-0.2, 0) is 0 Å². The maximum Gasteiger partial charge on any atom is 0.298 e. The van der Waals surface area contributed by atoms with E-state index in [1.165, 1.54) is 12.1 Å². The number of hydrogen-bond acceptors (Lipinski definition) is 10. The summed E-state index contributed by atoms with van der Waals surface area (Å²) in [6.07, 6.45) is 7.35. The van der Waals surface area contributed by atoms with Crippen molar-refractivity contribution in [3.63, 3.8) is 0 Å². The number of halogens is 2. The molecule has 0 radical (unpaired) electrons. The zero-order valence-electron chi connectivity index (χ0n) is 24.4. The van der Waals surface area contributed by atoms with Gasteiger partial charge < -0.3 is 25.3 Å². The van der Waals surface area contributed by atoms with Crippen LogP contribution in [-0.4, -0.2) is 87.3 Å². The molecule has 12 heteroatoms. The molecule has 3 aromatic rings. The lowest BCUT2D eigenvalue weighted by atomic mass is 10.1. The van der Waals surface area contributed by atoms with Crippen LogP contribution in [0.25, 0.3) is 17.0 Å². The second-order valence-corrected chi connectivity index (χ2v) is 11.4. The van der Waals surface area contributed by atoms with Gasteiger partial charge in [-0.25, -0.2) is 8.78 Å². The molecule has 9 nitrogen and oxygen atoms in total. The fourth-order valence-corrected chi connectivity index (χ4v) is 5.70. The molecular weight excluding hydrogens is 570 g/mol. The number of nitrogens with one attached hydrogen (secondary N) is 1. The van der Waals surface area contributed by atoms with Gasteiger partial charge in [0.15, 0.2) is 11.6 Å². The van der Waals surface area contributed by atoms with Gasteiger partial charge in [0.1, 0.15) is 23.9 Å². The van der Waals surface area contributed by atoms with E-state index in [1.807, 2.05) is 28.8 Å². The van der Waals surface area contributed by atoms with E-state index in [4.69, 9.17) is 10.2 Å². The lowest BCUT2D eigenvalue weighted by Gasteiger charge is -2.36. The standard InChI is InChI=1S/C31H38F2N8OS/c1-35-26(30-29(23-6-5-7-25(34)28(23)33)38-31(42-30)41-12-3-4-13-41)10-11-36-21-37-22-8-9-27(24(32)20-22)40-16-14-39(15-17-40)18-19-43-2/h5-11,20,37H,1,3-4,12-19,21,34H2,2H3/b26-10-,36-11-. The zero-order valence-corrected chi connectivity index (χ0v) is 25.3. The van der Waals surface area contributed by atoms with Gasteiger partial charge >= 0.3 is 0 Å². The third-order valence-electron chi connectivity index (χ3n) is 7.66. The molecule has 0 unspecified atom stereocenters. The van der Waals surface area contributed by atoms with Crippen molar-refractivity contribution in [1.82, 2.24) is 9.88 Å². The Labute approximate surface area is 255 Å². The molecule has 2 saturated heterocycles. The number of nitrogens with zero attached hydrogens (tertiary/aromatic N) is 6. The first-order chi connectivity index (χ1) is 21.0. The van der Waals surface area contributed by atoms with E-state index in [1.54, 1.807) is 24.4 Å². The Morgan fingerprint density at radius 3 is 2.63 bits per heavy atom. The number of allylic oxidation sites excluding steroid dienone is 1. The number of thioether (sulfide) groups is 1. The van der Waals surface area contributed by atoms with Crippen molar-refractivity contribution in [1.29, 1.82) is 0 Å². The first-order valence-corrected chi connectivity index (χ1v) is 15.8. The fraction of sp³-hybridized carbons (Fsp3) is 0.387. The molecule has 3 heterocycles. The van der Waals surface area contributed by atoms with Crippen molar-refractivity contribution in [3.05, 3.63) is 59.9 Å². The van der Waals surface area contributed by atoms with E-state index in [-0.39, 0.29) is 29.5 Å². The second kappa shape index (κ2) is 14.5. The summed E-state index contributed by atoms with van der Waals surface area (Å²) in [6.45, 7) is 10.1. The monoisotopic (exact) mass is 608 g/mol. The summed E-state index contributed by atoms with van der Waals surface area (Å²) in [6, 6.07) is 10.4. The van der Waals surface area contributed by atoms with Crippen molar-refractivity contribution >= 4 is 53.5 Å². The Kier molecular flexibility index (Phi) is 10.3. The lowest BCUT2D eigenvalue weighted by Crippen LogP contribution is -2.47. The molecule has 0 spiro atoms.